The van der Waals surface area contributed by atoms with Gasteiger partial charge in [0.05, 0.1) is 20.1 Å². The van der Waals surface area contributed by atoms with Crippen LogP contribution in [-0.4, -0.2) is 67.4 Å². The number of carbonyl (C=O) groups is 3. The van der Waals surface area contributed by atoms with Crippen LogP contribution in [0.4, 0.5) is 4.79 Å². The van der Waals surface area contributed by atoms with E-state index in [1.807, 2.05) is 0 Å². The van der Waals surface area contributed by atoms with Crippen LogP contribution < -0.4 is 5.32 Å². The summed E-state index contributed by atoms with van der Waals surface area (Å²) < 4.78 is 9.45. The summed E-state index contributed by atoms with van der Waals surface area (Å²) in [4.78, 5) is 36.0. The van der Waals surface area contributed by atoms with E-state index in [4.69, 9.17) is 4.74 Å². The van der Waals surface area contributed by atoms with E-state index in [1.54, 1.807) is 0 Å². The molecule has 2 amide bonds. The maximum Gasteiger partial charge on any atom is 0.329 e. The maximum absolute atomic E-state index is 12.2. The number of aliphatic carboxylic acids is 1. The van der Waals surface area contributed by atoms with Crippen LogP contribution in [0.25, 0.3) is 0 Å². The van der Waals surface area contributed by atoms with E-state index in [9.17, 15) is 19.5 Å². The minimum absolute atomic E-state index is 0.0493. The highest BCUT2D eigenvalue weighted by molar-refractivity contribution is 5.87. The Morgan fingerprint density at radius 2 is 1.90 bits per heavy atom. The molecule has 8 nitrogen and oxygen atoms in total. The number of carboxylic acids is 1. The van der Waals surface area contributed by atoms with Gasteiger partial charge in [0, 0.05) is 20.2 Å². The van der Waals surface area contributed by atoms with Crippen LogP contribution in [0.15, 0.2) is 0 Å². The Bertz CT molecular complexity index is 394. The molecule has 1 fully saturated rings. The Kier molecular flexibility index (Phi) is 6.41. The van der Waals surface area contributed by atoms with Crippen LogP contribution in [-0.2, 0) is 19.1 Å². The molecule has 0 aromatic carbocycles. The van der Waals surface area contributed by atoms with Crippen molar-refractivity contribution in [2.75, 3.05) is 33.9 Å². The molecule has 0 unspecified atom stereocenters. The molecular formula is C13H22N2O6. The molecule has 0 aromatic heterocycles. The van der Waals surface area contributed by atoms with Crippen LogP contribution in [0.5, 0.6) is 0 Å². The van der Waals surface area contributed by atoms with Gasteiger partial charge in [0.25, 0.3) is 0 Å². The standard InChI is InChI=1S/C13H22N2O6/c1-20-9-8-15(7-4-10(16)21-2)12(19)14-13(11(17)18)5-3-6-13/h3-9H2,1-2H3,(H,14,19)(H,17,18). The predicted octanol–water partition coefficient (Wildman–Crippen LogP) is 0.215. The van der Waals surface area contributed by atoms with E-state index in [2.05, 4.69) is 10.1 Å². The first-order valence-corrected chi connectivity index (χ1v) is 6.81. The van der Waals surface area contributed by atoms with Gasteiger partial charge in [-0.05, 0) is 19.3 Å². The molecule has 1 saturated carbocycles. The summed E-state index contributed by atoms with van der Waals surface area (Å²) in [5, 5.41) is 11.8. The lowest BCUT2D eigenvalue weighted by molar-refractivity contribution is -0.148. The third-order valence-electron chi connectivity index (χ3n) is 3.63. The van der Waals surface area contributed by atoms with Gasteiger partial charge in [0.15, 0.2) is 0 Å². The van der Waals surface area contributed by atoms with Crippen LogP contribution in [0.2, 0.25) is 0 Å². The average Bonchev–Trinajstić information content (AvgIpc) is 2.41. The van der Waals surface area contributed by atoms with E-state index in [-0.39, 0.29) is 19.5 Å². The lowest BCUT2D eigenvalue weighted by atomic mass is 9.77. The van der Waals surface area contributed by atoms with E-state index >= 15 is 0 Å². The lowest BCUT2D eigenvalue weighted by Gasteiger charge is -2.39. The van der Waals surface area contributed by atoms with Crippen molar-refractivity contribution in [3.05, 3.63) is 0 Å². The van der Waals surface area contributed by atoms with E-state index < -0.39 is 23.5 Å². The van der Waals surface area contributed by atoms with Gasteiger partial charge in [-0.2, -0.15) is 0 Å². The van der Waals surface area contributed by atoms with E-state index in [0.29, 0.717) is 19.4 Å². The number of hydrogen-bond donors (Lipinski definition) is 2. The minimum Gasteiger partial charge on any atom is -0.480 e. The number of hydrogen-bond acceptors (Lipinski definition) is 5. The van der Waals surface area contributed by atoms with Crippen molar-refractivity contribution >= 4 is 18.0 Å². The highest BCUT2D eigenvalue weighted by Crippen LogP contribution is 2.32. The number of rotatable bonds is 8. The first-order chi connectivity index (χ1) is 9.95. The fraction of sp³-hybridized carbons (Fsp3) is 0.769. The van der Waals surface area contributed by atoms with Gasteiger partial charge in [-0.15, -0.1) is 0 Å². The second kappa shape index (κ2) is 7.82. The zero-order valence-corrected chi connectivity index (χ0v) is 12.4. The number of amides is 2. The van der Waals surface area contributed by atoms with Crippen molar-refractivity contribution in [2.24, 2.45) is 0 Å². The molecule has 2 N–H and O–H groups in total. The molecule has 8 heteroatoms. The quantitative estimate of drug-likeness (QED) is 0.621. The number of ether oxygens (including phenoxy) is 2. The molecule has 0 heterocycles. The van der Waals surface area contributed by atoms with Crippen molar-refractivity contribution in [1.82, 2.24) is 10.2 Å². The average molecular weight is 302 g/mol. The second-order valence-electron chi connectivity index (χ2n) is 4.98. The number of methoxy groups -OCH3 is 2. The summed E-state index contributed by atoms with van der Waals surface area (Å²) in [6.45, 7) is 0.723. The fourth-order valence-electron chi connectivity index (χ4n) is 2.05. The van der Waals surface area contributed by atoms with Gasteiger partial charge in [0.2, 0.25) is 0 Å². The Morgan fingerprint density at radius 1 is 1.24 bits per heavy atom. The zero-order valence-electron chi connectivity index (χ0n) is 12.4. The maximum atomic E-state index is 12.2. The number of urea groups is 1. The number of nitrogens with one attached hydrogen (secondary N) is 1. The Morgan fingerprint density at radius 3 is 2.33 bits per heavy atom. The van der Waals surface area contributed by atoms with Crippen LogP contribution in [0.3, 0.4) is 0 Å². The molecule has 1 aliphatic rings. The van der Waals surface area contributed by atoms with Gasteiger partial charge in [-0.1, -0.05) is 0 Å². The molecule has 0 radical (unpaired) electrons. The molecule has 0 atom stereocenters. The largest absolute Gasteiger partial charge is 0.480 e. The summed E-state index contributed by atoms with van der Waals surface area (Å²) >= 11 is 0. The minimum atomic E-state index is -1.17. The Hall–Kier alpha value is -1.83. The van der Waals surface area contributed by atoms with Crippen LogP contribution in [0.1, 0.15) is 25.7 Å². The third kappa shape index (κ3) is 4.59. The molecule has 1 rings (SSSR count). The summed E-state index contributed by atoms with van der Waals surface area (Å²) in [6, 6.07) is -0.502. The van der Waals surface area contributed by atoms with Crippen molar-refractivity contribution in [3.8, 4) is 0 Å². The first-order valence-electron chi connectivity index (χ1n) is 6.81. The highest BCUT2D eigenvalue weighted by atomic mass is 16.5. The molecule has 0 saturated heterocycles. The van der Waals surface area contributed by atoms with Crippen molar-refractivity contribution in [1.29, 1.82) is 0 Å². The molecule has 0 aliphatic heterocycles. The molecule has 1 aliphatic carbocycles. The van der Waals surface area contributed by atoms with Gasteiger partial charge in [0.1, 0.15) is 5.54 Å². The summed E-state index contributed by atoms with van der Waals surface area (Å²) in [5.74, 6) is -1.46. The van der Waals surface area contributed by atoms with Gasteiger partial charge in [-0.25, -0.2) is 9.59 Å². The monoisotopic (exact) mass is 302 g/mol. The predicted molar refractivity (Wildman–Crippen MR) is 72.8 cm³/mol. The second-order valence-corrected chi connectivity index (χ2v) is 4.98. The van der Waals surface area contributed by atoms with Gasteiger partial charge >= 0.3 is 18.0 Å². The molecule has 0 spiro atoms. The van der Waals surface area contributed by atoms with Gasteiger partial charge in [-0.3, -0.25) is 4.79 Å². The normalized spacial score (nSPS) is 15.7. The smallest absolute Gasteiger partial charge is 0.329 e. The number of carboxylic acid groups (broad SMARTS) is 1. The summed E-state index contributed by atoms with van der Waals surface area (Å²) in [5.41, 5.74) is -1.17. The molecular weight excluding hydrogens is 280 g/mol. The third-order valence-corrected chi connectivity index (χ3v) is 3.63. The summed E-state index contributed by atoms with van der Waals surface area (Å²) in [6.07, 6.45) is 1.66. The Balaban J connectivity index is 2.61. The highest BCUT2D eigenvalue weighted by Gasteiger charge is 2.46. The topological polar surface area (TPSA) is 105 Å². The fourth-order valence-corrected chi connectivity index (χ4v) is 2.05. The van der Waals surface area contributed by atoms with Gasteiger partial charge < -0.3 is 24.8 Å². The Labute approximate surface area is 123 Å². The number of carbonyl (C=O) groups excluding carboxylic acids is 2. The molecule has 120 valence electrons. The lowest BCUT2D eigenvalue weighted by Crippen LogP contribution is -2.62. The molecule has 21 heavy (non-hydrogen) atoms. The van der Waals surface area contributed by atoms with E-state index in [0.717, 1.165) is 6.42 Å². The molecule has 0 bridgehead atoms. The first kappa shape index (κ1) is 17.2. The van der Waals surface area contributed by atoms with Crippen LogP contribution >= 0.6 is 0 Å². The number of nitrogens with zero attached hydrogens (tertiary/aromatic N) is 1. The van der Waals surface area contributed by atoms with Crippen molar-refractivity contribution in [2.45, 2.75) is 31.2 Å². The molecule has 0 aromatic rings. The number of esters is 1. The van der Waals surface area contributed by atoms with Crippen LogP contribution in [0, 0.1) is 0 Å². The van der Waals surface area contributed by atoms with Crippen molar-refractivity contribution < 1.29 is 29.0 Å². The zero-order chi connectivity index (χ0) is 15.9. The summed E-state index contributed by atoms with van der Waals surface area (Å²) in [7, 11) is 2.77. The van der Waals surface area contributed by atoms with Crippen molar-refractivity contribution in [3.63, 3.8) is 0 Å². The SMILES string of the molecule is COCCN(CCC(=O)OC)C(=O)NC1(C(=O)O)CCC1. The van der Waals surface area contributed by atoms with E-state index in [1.165, 1.54) is 19.1 Å².